The SMILES string of the molecule is C=C1CC[C@@H]2[C@H](/C=C(\C)C(=O)[C@@]3(OC(C)=O)C[C@@H](C)[C@H](OC(=O)c4ccccc4)[C@@H]3[C@H]1OC(C)=O)C2(C)C. The molecule has 1 aromatic rings. The summed E-state index contributed by atoms with van der Waals surface area (Å²) in [5.41, 5.74) is -0.203. The highest BCUT2D eigenvalue weighted by Crippen LogP contribution is 2.62. The second kappa shape index (κ2) is 10.2. The first kappa shape index (κ1) is 27.8. The third-order valence-electron chi connectivity index (χ3n) is 8.77. The van der Waals surface area contributed by atoms with Crippen molar-refractivity contribution in [2.24, 2.45) is 29.1 Å². The van der Waals surface area contributed by atoms with Gasteiger partial charge in [0.25, 0.3) is 0 Å². The summed E-state index contributed by atoms with van der Waals surface area (Å²) in [6.07, 6.45) is 1.63. The predicted octanol–water partition coefficient (Wildman–Crippen LogP) is 5.24. The molecule has 0 N–H and O–H groups in total. The summed E-state index contributed by atoms with van der Waals surface area (Å²) in [5, 5.41) is 0. The van der Waals surface area contributed by atoms with E-state index in [1.807, 2.05) is 13.0 Å². The van der Waals surface area contributed by atoms with Crippen molar-refractivity contribution in [3.63, 3.8) is 0 Å². The number of rotatable bonds is 4. The Morgan fingerprint density at radius 3 is 2.29 bits per heavy atom. The number of ether oxygens (including phenoxy) is 3. The van der Waals surface area contributed by atoms with E-state index in [9.17, 15) is 19.2 Å². The van der Waals surface area contributed by atoms with Gasteiger partial charge < -0.3 is 14.2 Å². The van der Waals surface area contributed by atoms with Crippen LogP contribution in [0.2, 0.25) is 0 Å². The minimum Gasteiger partial charge on any atom is -0.458 e. The van der Waals surface area contributed by atoms with Crippen LogP contribution in [-0.4, -0.2) is 41.5 Å². The maximum Gasteiger partial charge on any atom is 0.338 e. The number of carbonyl (C=O) groups is 4. The second-order valence-corrected chi connectivity index (χ2v) is 11.8. The number of hydrogen-bond donors (Lipinski definition) is 0. The highest BCUT2D eigenvalue weighted by atomic mass is 16.6. The molecule has 0 saturated heterocycles. The summed E-state index contributed by atoms with van der Waals surface area (Å²) in [4.78, 5) is 52.4. The number of carbonyl (C=O) groups excluding carboxylic acids is 4. The van der Waals surface area contributed by atoms with E-state index in [4.69, 9.17) is 14.2 Å². The highest BCUT2D eigenvalue weighted by molar-refractivity contribution is 6.03. The van der Waals surface area contributed by atoms with E-state index >= 15 is 0 Å². The number of ketones is 1. The molecule has 4 rings (SSSR count). The van der Waals surface area contributed by atoms with Gasteiger partial charge in [-0.3, -0.25) is 14.4 Å². The minimum atomic E-state index is -1.69. The fourth-order valence-electron chi connectivity index (χ4n) is 6.80. The summed E-state index contributed by atoms with van der Waals surface area (Å²) in [7, 11) is 0. The van der Waals surface area contributed by atoms with Gasteiger partial charge in [-0.05, 0) is 66.2 Å². The van der Waals surface area contributed by atoms with Crippen molar-refractivity contribution < 1.29 is 33.4 Å². The Bertz CT molecular complexity index is 1180. The van der Waals surface area contributed by atoms with Crippen LogP contribution in [0.15, 0.2) is 54.1 Å². The first-order valence-electron chi connectivity index (χ1n) is 13.3. The lowest BCUT2D eigenvalue weighted by Gasteiger charge is -2.39. The van der Waals surface area contributed by atoms with Gasteiger partial charge in [-0.15, -0.1) is 0 Å². The van der Waals surface area contributed by atoms with Crippen molar-refractivity contribution in [1.82, 2.24) is 0 Å². The molecule has 0 aromatic heterocycles. The lowest BCUT2D eigenvalue weighted by Crippen LogP contribution is -2.55. The van der Waals surface area contributed by atoms with Crippen molar-refractivity contribution in [2.45, 2.75) is 78.6 Å². The number of esters is 3. The maximum absolute atomic E-state index is 14.3. The van der Waals surface area contributed by atoms with Gasteiger partial charge in [0.05, 0.1) is 11.5 Å². The molecule has 2 saturated carbocycles. The Balaban J connectivity index is 1.87. The van der Waals surface area contributed by atoms with Crippen LogP contribution in [0, 0.1) is 29.1 Å². The van der Waals surface area contributed by atoms with Crippen molar-refractivity contribution in [3.8, 4) is 0 Å². The van der Waals surface area contributed by atoms with Crippen LogP contribution in [0.4, 0.5) is 0 Å². The third kappa shape index (κ3) is 4.95. The standard InChI is InChI=1S/C31H38O7/c1-17-13-14-23-24(30(23,6)7)15-18(2)28(34)31(38-21(5)33)16-19(3)27(25(31)26(17)36-20(4)32)37-29(35)22-11-9-8-10-12-22/h8-12,15,19,23-27H,1,13-14,16H2,2-7H3/b18-15+/t19-,23-,24+,25+,26+,27+,31-/m1/s1. The van der Waals surface area contributed by atoms with Crippen LogP contribution in [0.1, 0.15) is 71.2 Å². The Labute approximate surface area is 224 Å². The second-order valence-electron chi connectivity index (χ2n) is 11.8. The van der Waals surface area contributed by atoms with E-state index < -0.39 is 41.6 Å². The van der Waals surface area contributed by atoms with Crippen molar-refractivity contribution in [3.05, 3.63) is 59.7 Å². The van der Waals surface area contributed by atoms with Gasteiger partial charge in [-0.2, -0.15) is 0 Å². The predicted molar refractivity (Wildman–Crippen MR) is 141 cm³/mol. The van der Waals surface area contributed by atoms with E-state index in [0.717, 1.165) is 6.42 Å². The molecule has 1 aromatic carbocycles. The molecule has 204 valence electrons. The van der Waals surface area contributed by atoms with Crippen molar-refractivity contribution in [1.29, 1.82) is 0 Å². The van der Waals surface area contributed by atoms with Gasteiger partial charge >= 0.3 is 17.9 Å². The molecule has 0 heterocycles. The Morgan fingerprint density at radius 2 is 1.68 bits per heavy atom. The number of allylic oxidation sites excluding steroid dienone is 1. The summed E-state index contributed by atoms with van der Waals surface area (Å²) >= 11 is 0. The lowest BCUT2D eigenvalue weighted by atomic mass is 9.76. The van der Waals surface area contributed by atoms with Crippen molar-refractivity contribution in [2.75, 3.05) is 0 Å². The molecule has 0 bridgehead atoms. The smallest absolute Gasteiger partial charge is 0.338 e. The minimum absolute atomic E-state index is 0.0165. The van der Waals surface area contributed by atoms with Gasteiger partial charge in [-0.25, -0.2) is 4.79 Å². The van der Waals surface area contributed by atoms with Crippen LogP contribution in [0.5, 0.6) is 0 Å². The molecule has 3 aliphatic carbocycles. The number of Topliss-reactive ketones (excluding diaryl/α,β-unsaturated/α-hetero) is 1. The summed E-state index contributed by atoms with van der Waals surface area (Å²) in [6, 6.07) is 8.56. The Hall–Kier alpha value is -3.22. The zero-order valence-corrected chi connectivity index (χ0v) is 23.1. The van der Waals surface area contributed by atoms with Crippen LogP contribution in [0.3, 0.4) is 0 Å². The molecule has 3 aliphatic rings. The maximum atomic E-state index is 14.3. The first-order chi connectivity index (χ1) is 17.8. The average Bonchev–Trinajstić information content (AvgIpc) is 3.24. The quantitative estimate of drug-likeness (QED) is 0.303. The van der Waals surface area contributed by atoms with Gasteiger partial charge in [-0.1, -0.05) is 51.6 Å². The summed E-state index contributed by atoms with van der Waals surface area (Å²) < 4.78 is 17.9. The normalized spacial score (nSPS) is 35.5. The van der Waals surface area contributed by atoms with Crippen LogP contribution < -0.4 is 0 Å². The van der Waals surface area contributed by atoms with Crippen LogP contribution >= 0.6 is 0 Å². The molecule has 38 heavy (non-hydrogen) atoms. The third-order valence-corrected chi connectivity index (χ3v) is 8.77. The van der Waals surface area contributed by atoms with Gasteiger partial charge in [0.15, 0.2) is 5.60 Å². The number of fused-ring (bicyclic) bond motifs is 2. The largest absolute Gasteiger partial charge is 0.458 e. The molecule has 0 amide bonds. The van der Waals surface area contributed by atoms with E-state index in [1.54, 1.807) is 37.3 Å². The van der Waals surface area contributed by atoms with Gasteiger partial charge in [0.1, 0.15) is 12.2 Å². The average molecular weight is 523 g/mol. The summed E-state index contributed by atoms with van der Waals surface area (Å²) in [6.45, 7) is 14.8. The first-order valence-corrected chi connectivity index (χ1v) is 13.3. The van der Waals surface area contributed by atoms with Gasteiger partial charge in [0.2, 0.25) is 5.78 Å². The van der Waals surface area contributed by atoms with Crippen LogP contribution in [-0.2, 0) is 28.6 Å². The summed E-state index contributed by atoms with van der Waals surface area (Å²) in [5.74, 6) is -2.89. The molecule has 7 nitrogen and oxygen atoms in total. The lowest BCUT2D eigenvalue weighted by molar-refractivity contribution is -0.179. The van der Waals surface area contributed by atoms with E-state index in [-0.39, 0.29) is 29.5 Å². The molecular formula is C31H38O7. The van der Waals surface area contributed by atoms with E-state index in [0.29, 0.717) is 29.0 Å². The Morgan fingerprint density at radius 1 is 1.03 bits per heavy atom. The topological polar surface area (TPSA) is 96.0 Å². The number of hydrogen-bond acceptors (Lipinski definition) is 7. The molecule has 0 spiro atoms. The molecule has 7 atom stereocenters. The number of benzene rings is 1. The zero-order chi connectivity index (χ0) is 28.0. The fraction of sp³-hybridized carbons (Fsp3) is 0.548. The van der Waals surface area contributed by atoms with Crippen LogP contribution in [0.25, 0.3) is 0 Å². The van der Waals surface area contributed by atoms with Gasteiger partial charge in [0, 0.05) is 20.3 Å². The zero-order valence-electron chi connectivity index (χ0n) is 23.1. The highest BCUT2D eigenvalue weighted by Gasteiger charge is 2.65. The fourth-order valence-corrected chi connectivity index (χ4v) is 6.80. The molecular weight excluding hydrogens is 484 g/mol. The van der Waals surface area contributed by atoms with E-state index in [2.05, 4.69) is 20.4 Å². The molecule has 2 fully saturated rings. The van der Waals surface area contributed by atoms with E-state index in [1.165, 1.54) is 13.8 Å². The molecule has 0 radical (unpaired) electrons. The van der Waals surface area contributed by atoms with Crippen molar-refractivity contribution >= 4 is 23.7 Å². The monoisotopic (exact) mass is 522 g/mol. The molecule has 0 unspecified atom stereocenters. The molecule has 7 heteroatoms. The Kier molecular flexibility index (Phi) is 7.43. The molecule has 0 aliphatic heterocycles.